The zero-order valence-electron chi connectivity index (χ0n) is 16.0. The van der Waals surface area contributed by atoms with Crippen LogP contribution >= 0.6 is 15.9 Å². The highest BCUT2D eigenvalue weighted by Crippen LogP contribution is 2.23. The maximum atomic E-state index is 13.5. The van der Waals surface area contributed by atoms with Gasteiger partial charge >= 0.3 is 12.1 Å². The lowest BCUT2D eigenvalue weighted by Crippen LogP contribution is -2.35. The molecule has 2 aromatic rings. The quantitative estimate of drug-likeness (QED) is 0.179. The second-order valence-electron chi connectivity index (χ2n) is 6.55. The molecule has 1 saturated heterocycles. The first-order valence-corrected chi connectivity index (χ1v) is 9.87. The van der Waals surface area contributed by atoms with Crippen molar-refractivity contribution in [3.05, 3.63) is 34.2 Å². The van der Waals surface area contributed by atoms with Crippen molar-refractivity contribution < 1.29 is 36.6 Å². The maximum Gasteiger partial charge on any atom is 0.493 e. The van der Waals surface area contributed by atoms with E-state index in [9.17, 15) is 27.2 Å². The Morgan fingerprint density at radius 2 is 1.94 bits per heavy atom. The van der Waals surface area contributed by atoms with Crippen molar-refractivity contribution in [3.8, 4) is 0 Å². The van der Waals surface area contributed by atoms with E-state index in [1.807, 2.05) is 0 Å². The highest BCUT2D eigenvalue weighted by atomic mass is 79.9. The Balaban J connectivity index is 1.87. The number of aromatic nitrogens is 2. The lowest BCUT2D eigenvalue weighted by Gasteiger charge is -2.21. The summed E-state index contributed by atoms with van der Waals surface area (Å²) < 4.78 is 55.6. The molecule has 0 radical (unpaired) electrons. The van der Waals surface area contributed by atoms with Crippen molar-refractivity contribution in [2.24, 2.45) is 11.1 Å². The number of hydrogen-bond acceptors (Lipinski definition) is 8. The minimum absolute atomic E-state index is 0.0341. The third kappa shape index (κ3) is 6.00. The van der Waals surface area contributed by atoms with E-state index in [2.05, 4.69) is 56.8 Å². The van der Waals surface area contributed by atoms with Crippen molar-refractivity contribution >= 4 is 45.1 Å². The molecular weight excluding hydrogens is 508 g/mol. The van der Waals surface area contributed by atoms with Crippen LogP contribution in [0.5, 0.6) is 0 Å². The second kappa shape index (κ2) is 10.0. The Hall–Kier alpha value is -3.07. The molecule has 10 nitrogen and oxygen atoms in total. The summed E-state index contributed by atoms with van der Waals surface area (Å²) in [6.07, 6.45) is -4.17. The van der Waals surface area contributed by atoms with Crippen LogP contribution in [-0.4, -0.2) is 47.3 Å². The van der Waals surface area contributed by atoms with Gasteiger partial charge in [-0.1, -0.05) is 5.16 Å². The van der Waals surface area contributed by atoms with Gasteiger partial charge in [-0.05, 0) is 70.4 Å². The first-order valence-electron chi connectivity index (χ1n) is 9.08. The Labute approximate surface area is 185 Å². The van der Waals surface area contributed by atoms with Gasteiger partial charge < -0.3 is 20.8 Å². The standard InChI is InChI=1S/C17H15BrF4N6O4/c18-10-7-9(1-2-11(10)19)24-13(27-31-16(30)17(20,21)22)12-14(28-32-26-12)25-15(29)8-3-5-23-6-4-8/h1-2,7-8,23H,3-6H2,(H,24,27)(H,25,28,29). The van der Waals surface area contributed by atoms with Crippen molar-refractivity contribution in [2.75, 3.05) is 23.7 Å². The highest BCUT2D eigenvalue weighted by molar-refractivity contribution is 9.10. The lowest BCUT2D eigenvalue weighted by molar-refractivity contribution is -0.199. The van der Waals surface area contributed by atoms with Gasteiger partial charge in [-0.15, -0.1) is 0 Å². The number of carbonyl (C=O) groups is 2. The van der Waals surface area contributed by atoms with Crippen LogP contribution in [0.1, 0.15) is 18.5 Å². The fourth-order valence-corrected chi connectivity index (χ4v) is 3.08. The summed E-state index contributed by atoms with van der Waals surface area (Å²) in [5, 5.41) is 18.3. The zero-order chi connectivity index (χ0) is 23.3. The van der Waals surface area contributed by atoms with Gasteiger partial charge in [0.2, 0.25) is 17.6 Å². The minimum atomic E-state index is -5.30. The van der Waals surface area contributed by atoms with E-state index in [0.717, 1.165) is 6.07 Å². The summed E-state index contributed by atoms with van der Waals surface area (Å²) in [5.41, 5.74) is -0.207. The lowest BCUT2D eigenvalue weighted by atomic mass is 9.97. The number of amides is 1. The van der Waals surface area contributed by atoms with Gasteiger partial charge in [0.1, 0.15) is 5.82 Å². The average Bonchev–Trinajstić information content (AvgIpc) is 3.21. The number of piperidine rings is 1. The zero-order valence-corrected chi connectivity index (χ0v) is 17.6. The predicted molar refractivity (Wildman–Crippen MR) is 105 cm³/mol. The molecule has 1 fully saturated rings. The number of rotatable bonds is 5. The number of benzene rings is 1. The van der Waals surface area contributed by atoms with Crippen LogP contribution in [0.15, 0.2) is 32.5 Å². The number of nitrogens with zero attached hydrogens (tertiary/aromatic N) is 3. The normalized spacial score (nSPS) is 15.3. The van der Waals surface area contributed by atoms with E-state index < -0.39 is 29.7 Å². The molecule has 172 valence electrons. The molecule has 3 rings (SSSR count). The average molecular weight is 523 g/mol. The smallest absolute Gasteiger partial charge is 0.335 e. The van der Waals surface area contributed by atoms with Crippen molar-refractivity contribution in [3.63, 3.8) is 0 Å². The molecule has 32 heavy (non-hydrogen) atoms. The summed E-state index contributed by atoms with van der Waals surface area (Å²) in [6.45, 7) is 1.28. The number of anilines is 2. The molecule has 2 heterocycles. The SMILES string of the molecule is O=C(Nc1nonc1/C(=N\OC(=O)C(F)(F)F)Nc1ccc(F)c(Br)c1)C1CCNCC1. The van der Waals surface area contributed by atoms with Crippen LogP contribution in [0.3, 0.4) is 0 Å². The Morgan fingerprint density at radius 1 is 1.22 bits per heavy atom. The van der Waals surface area contributed by atoms with Gasteiger partial charge in [-0.3, -0.25) is 4.79 Å². The Morgan fingerprint density at radius 3 is 2.59 bits per heavy atom. The number of nitrogens with one attached hydrogen (secondary N) is 3. The van der Waals surface area contributed by atoms with Gasteiger partial charge in [0, 0.05) is 11.6 Å². The molecule has 1 aromatic heterocycles. The number of amidine groups is 1. The van der Waals surface area contributed by atoms with Crippen LogP contribution in [0.4, 0.5) is 29.1 Å². The number of oxime groups is 1. The van der Waals surface area contributed by atoms with Gasteiger partial charge in [0.05, 0.1) is 4.47 Å². The van der Waals surface area contributed by atoms with E-state index in [-0.39, 0.29) is 27.6 Å². The Bertz CT molecular complexity index is 1020. The van der Waals surface area contributed by atoms with Gasteiger partial charge in [0.25, 0.3) is 0 Å². The molecule has 0 bridgehead atoms. The number of alkyl halides is 3. The number of hydrogen-bond donors (Lipinski definition) is 3. The topological polar surface area (TPSA) is 131 Å². The first kappa shape index (κ1) is 23.6. The van der Waals surface area contributed by atoms with Crippen LogP contribution < -0.4 is 16.0 Å². The Kier molecular flexibility index (Phi) is 7.40. The van der Waals surface area contributed by atoms with Crippen LogP contribution in [0.25, 0.3) is 0 Å². The van der Waals surface area contributed by atoms with Crippen molar-refractivity contribution in [1.29, 1.82) is 0 Å². The molecule has 0 saturated carbocycles. The molecule has 0 unspecified atom stereocenters. The fraction of sp³-hybridized carbons (Fsp3) is 0.353. The minimum Gasteiger partial charge on any atom is -0.335 e. The van der Waals surface area contributed by atoms with Gasteiger partial charge in [-0.2, -0.15) is 13.2 Å². The summed E-state index contributed by atoms with van der Waals surface area (Å²) in [5.74, 6) is -4.73. The van der Waals surface area contributed by atoms with Gasteiger partial charge in [0.15, 0.2) is 5.69 Å². The number of halogens is 5. The molecule has 1 aliphatic rings. The largest absolute Gasteiger partial charge is 0.493 e. The third-order valence-electron chi connectivity index (χ3n) is 4.30. The molecular formula is C17H15BrF4N6O4. The molecule has 3 N–H and O–H groups in total. The van der Waals surface area contributed by atoms with E-state index >= 15 is 0 Å². The number of carbonyl (C=O) groups excluding carboxylic acids is 2. The summed E-state index contributed by atoms with van der Waals surface area (Å²) in [7, 11) is 0. The van der Waals surface area contributed by atoms with E-state index in [1.165, 1.54) is 12.1 Å². The fourth-order valence-electron chi connectivity index (χ4n) is 2.70. The van der Waals surface area contributed by atoms with E-state index in [4.69, 9.17) is 0 Å². The van der Waals surface area contributed by atoms with Crippen molar-refractivity contribution in [1.82, 2.24) is 15.6 Å². The van der Waals surface area contributed by atoms with Crippen LogP contribution in [0.2, 0.25) is 0 Å². The molecule has 1 aliphatic heterocycles. The molecule has 0 spiro atoms. The molecule has 0 atom stereocenters. The maximum absolute atomic E-state index is 13.5. The second-order valence-corrected chi connectivity index (χ2v) is 7.40. The highest BCUT2D eigenvalue weighted by Gasteiger charge is 2.42. The van der Waals surface area contributed by atoms with Crippen LogP contribution in [0, 0.1) is 11.7 Å². The molecule has 0 aliphatic carbocycles. The third-order valence-corrected chi connectivity index (χ3v) is 4.91. The molecule has 15 heteroatoms. The van der Waals surface area contributed by atoms with Gasteiger partial charge in [-0.25, -0.2) is 13.8 Å². The summed E-state index contributed by atoms with van der Waals surface area (Å²) >= 11 is 2.97. The van der Waals surface area contributed by atoms with E-state index in [0.29, 0.717) is 25.9 Å². The molecule has 1 amide bonds. The predicted octanol–water partition coefficient (Wildman–Crippen LogP) is 2.79. The van der Waals surface area contributed by atoms with E-state index in [1.54, 1.807) is 0 Å². The summed E-state index contributed by atoms with van der Waals surface area (Å²) in [4.78, 5) is 27.5. The monoisotopic (exact) mass is 522 g/mol. The first-order chi connectivity index (χ1) is 15.1. The molecule has 1 aromatic carbocycles. The van der Waals surface area contributed by atoms with Crippen LogP contribution in [-0.2, 0) is 14.4 Å². The summed E-state index contributed by atoms with van der Waals surface area (Å²) in [6, 6.07) is 3.55. The van der Waals surface area contributed by atoms with Crippen molar-refractivity contribution in [2.45, 2.75) is 19.0 Å².